The smallest absolute Gasteiger partial charge is 0.167 e. The van der Waals surface area contributed by atoms with Crippen LogP contribution in [0.15, 0.2) is 36.4 Å². The lowest BCUT2D eigenvalue weighted by atomic mass is 10.0. The summed E-state index contributed by atoms with van der Waals surface area (Å²) in [5, 5.41) is 1.36. The molecule has 19 heavy (non-hydrogen) atoms. The van der Waals surface area contributed by atoms with Crippen LogP contribution >= 0.6 is 34.8 Å². The predicted molar refractivity (Wildman–Crippen MR) is 80.4 cm³/mol. The third kappa shape index (κ3) is 3.41. The fourth-order valence-electron chi connectivity index (χ4n) is 1.74. The van der Waals surface area contributed by atoms with Gasteiger partial charge in [-0.2, -0.15) is 0 Å². The van der Waals surface area contributed by atoms with Crippen molar-refractivity contribution in [3.05, 3.63) is 62.6 Å². The van der Waals surface area contributed by atoms with E-state index in [9.17, 15) is 4.79 Å². The third-order valence-electron chi connectivity index (χ3n) is 2.64. The van der Waals surface area contributed by atoms with Gasteiger partial charge in [0.1, 0.15) is 0 Å². The van der Waals surface area contributed by atoms with Crippen molar-refractivity contribution in [2.45, 2.75) is 6.42 Å². The van der Waals surface area contributed by atoms with Crippen LogP contribution in [0.1, 0.15) is 15.9 Å². The van der Waals surface area contributed by atoms with Gasteiger partial charge in [0.05, 0.1) is 0 Å². The van der Waals surface area contributed by atoms with Crippen molar-refractivity contribution in [3.8, 4) is 0 Å². The summed E-state index contributed by atoms with van der Waals surface area (Å²) in [6.45, 7) is 0. The Labute approximate surface area is 126 Å². The second kappa shape index (κ2) is 5.83. The number of benzene rings is 2. The van der Waals surface area contributed by atoms with E-state index in [1.807, 2.05) is 0 Å². The summed E-state index contributed by atoms with van der Waals surface area (Å²) >= 11 is 17.9. The number of hydrogen-bond acceptors (Lipinski definition) is 2. The highest BCUT2D eigenvalue weighted by molar-refractivity contribution is 6.36. The maximum Gasteiger partial charge on any atom is 0.167 e. The number of carbonyl (C=O) groups excluding carboxylic acids is 1. The molecule has 0 heterocycles. The minimum absolute atomic E-state index is 0.109. The van der Waals surface area contributed by atoms with E-state index in [0.29, 0.717) is 31.9 Å². The maximum atomic E-state index is 12.2. The molecule has 0 amide bonds. The van der Waals surface area contributed by atoms with Crippen molar-refractivity contribution in [1.82, 2.24) is 0 Å². The summed E-state index contributed by atoms with van der Waals surface area (Å²) in [5.41, 5.74) is 7.16. The highest BCUT2D eigenvalue weighted by Crippen LogP contribution is 2.26. The molecule has 0 aliphatic carbocycles. The number of hydrogen-bond donors (Lipinski definition) is 1. The minimum atomic E-state index is -0.135. The molecule has 0 aromatic heterocycles. The van der Waals surface area contributed by atoms with Crippen LogP contribution < -0.4 is 5.73 Å². The predicted octanol–water partition coefficient (Wildman–Crippen LogP) is 4.65. The molecule has 5 heteroatoms. The van der Waals surface area contributed by atoms with E-state index < -0.39 is 0 Å². The largest absolute Gasteiger partial charge is 0.399 e. The van der Waals surface area contributed by atoms with Gasteiger partial charge >= 0.3 is 0 Å². The first-order valence-electron chi connectivity index (χ1n) is 5.49. The van der Waals surface area contributed by atoms with Crippen LogP contribution in [0, 0.1) is 0 Å². The molecule has 0 radical (unpaired) electrons. The topological polar surface area (TPSA) is 43.1 Å². The highest BCUT2D eigenvalue weighted by atomic mass is 35.5. The fourth-order valence-corrected chi connectivity index (χ4v) is 2.51. The van der Waals surface area contributed by atoms with E-state index in [2.05, 4.69) is 0 Å². The van der Waals surface area contributed by atoms with Crippen molar-refractivity contribution in [2.24, 2.45) is 0 Å². The van der Waals surface area contributed by atoms with Gasteiger partial charge in [0.25, 0.3) is 0 Å². The van der Waals surface area contributed by atoms with Crippen molar-refractivity contribution in [3.63, 3.8) is 0 Å². The van der Waals surface area contributed by atoms with Gasteiger partial charge in [-0.25, -0.2) is 0 Å². The second-order valence-electron chi connectivity index (χ2n) is 4.07. The molecular formula is C14H10Cl3NO. The molecule has 0 unspecified atom stereocenters. The average molecular weight is 315 g/mol. The highest BCUT2D eigenvalue weighted by Gasteiger charge is 2.13. The molecule has 0 saturated carbocycles. The SMILES string of the molecule is Nc1cc(Cl)cc(C(=O)Cc2c(Cl)cccc2Cl)c1. The van der Waals surface area contributed by atoms with E-state index in [-0.39, 0.29) is 12.2 Å². The molecule has 0 atom stereocenters. The third-order valence-corrected chi connectivity index (χ3v) is 3.57. The van der Waals surface area contributed by atoms with Crippen LogP contribution in [0.2, 0.25) is 15.1 Å². The van der Waals surface area contributed by atoms with Gasteiger partial charge in [-0.15, -0.1) is 0 Å². The Morgan fingerprint density at radius 1 is 1.05 bits per heavy atom. The summed E-state index contributed by atoms with van der Waals surface area (Å²) < 4.78 is 0. The number of halogens is 3. The zero-order valence-electron chi connectivity index (χ0n) is 9.79. The van der Waals surface area contributed by atoms with Crippen molar-refractivity contribution >= 4 is 46.3 Å². The molecular weight excluding hydrogens is 305 g/mol. The number of rotatable bonds is 3. The van der Waals surface area contributed by atoms with Gasteiger partial charge in [-0.05, 0) is 35.9 Å². The number of nitrogens with two attached hydrogens (primary N) is 1. The van der Waals surface area contributed by atoms with Crippen LogP contribution in [0.4, 0.5) is 5.69 Å². The van der Waals surface area contributed by atoms with Gasteiger partial charge in [0, 0.05) is 32.7 Å². The van der Waals surface area contributed by atoms with Crippen LogP contribution in [0.5, 0.6) is 0 Å². The summed E-state index contributed by atoms with van der Waals surface area (Å²) in [6, 6.07) is 9.87. The molecule has 2 rings (SSSR count). The van der Waals surface area contributed by atoms with Crippen molar-refractivity contribution < 1.29 is 4.79 Å². The van der Waals surface area contributed by atoms with E-state index in [0.717, 1.165) is 0 Å². The summed E-state index contributed by atoms with van der Waals surface area (Å²) in [7, 11) is 0. The maximum absolute atomic E-state index is 12.2. The molecule has 2 aromatic rings. The average Bonchev–Trinajstić information content (AvgIpc) is 2.32. The molecule has 0 aliphatic rings. The van der Waals surface area contributed by atoms with E-state index in [1.54, 1.807) is 36.4 Å². The van der Waals surface area contributed by atoms with Gasteiger partial charge in [0.2, 0.25) is 0 Å². The Hall–Kier alpha value is -1.22. The van der Waals surface area contributed by atoms with Gasteiger partial charge < -0.3 is 5.73 Å². The molecule has 98 valence electrons. The Bertz CT molecular complexity index is 600. The summed E-state index contributed by atoms with van der Waals surface area (Å²) in [4.78, 5) is 12.2. The number of carbonyl (C=O) groups is 1. The molecule has 0 spiro atoms. The number of nitrogen functional groups attached to an aromatic ring is 1. The van der Waals surface area contributed by atoms with Crippen LogP contribution in [-0.2, 0) is 6.42 Å². The molecule has 0 bridgehead atoms. The number of Topliss-reactive ketones (excluding diaryl/α,β-unsaturated/α-hetero) is 1. The lowest BCUT2D eigenvalue weighted by Gasteiger charge is -2.07. The van der Waals surface area contributed by atoms with E-state index in [1.165, 1.54) is 0 Å². The Morgan fingerprint density at radius 2 is 1.68 bits per heavy atom. The minimum Gasteiger partial charge on any atom is -0.399 e. The summed E-state index contributed by atoms with van der Waals surface area (Å²) in [6.07, 6.45) is 0.109. The monoisotopic (exact) mass is 313 g/mol. The molecule has 2 N–H and O–H groups in total. The lowest BCUT2D eigenvalue weighted by molar-refractivity contribution is 0.0993. The summed E-state index contributed by atoms with van der Waals surface area (Å²) in [5.74, 6) is -0.135. The molecule has 0 fully saturated rings. The molecule has 0 aliphatic heterocycles. The second-order valence-corrected chi connectivity index (χ2v) is 5.32. The van der Waals surface area contributed by atoms with Gasteiger partial charge in [0.15, 0.2) is 5.78 Å². The first-order chi connectivity index (χ1) is 8.97. The van der Waals surface area contributed by atoms with Gasteiger partial charge in [-0.3, -0.25) is 4.79 Å². The zero-order chi connectivity index (χ0) is 14.0. The normalized spacial score (nSPS) is 10.5. The van der Waals surface area contributed by atoms with Crippen LogP contribution in [0.3, 0.4) is 0 Å². The number of ketones is 1. The first kappa shape index (κ1) is 14.2. The fraction of sp³-hybridized carbons (Fsp3) is 0.0714. The Kier molecular flexibility index (Phi) is 4.35. The van der Waals surface area contributed by atoms with E-state index in [4.69, 9.17) is 40.5 Å². The molecule has 0 saturated heterocycles. The Morgan fingerprint density at radius 3 is 2.26 bits per heavy atom. The van der Waals surface area contributed by atoms with Crippen molar-refractivity contribution in [2.75, 3.05) is 5.73 Å². The standard InChI is InChI=1S/C14H10Cl3NO/c15-9-4-8(5-10(18)6-9)14(19)7-11-12(16)2-1-3-13(11)17/h1-6H,7,18H2. The van der Waals surface area contributed by atoms with Crippen LogP contribution in [-0.4, -0.2) is 5.78 Å². The lowest BCUT2D eigenvalue weighted by Crippen LogP contribution is -2.05. The van der Waals surface area contributed by atoms with E-state index >= 15 is 0 Å². The molecule has 2 aromatic carbocycles. The molecule has 2 nitrogen and oxygen atoms in total. The van der Waals surface area contributed by atoms with Crippen LogP contribution in [0.25, 0.3) is 0 Å². The van der Waals surface area contributed by atoms with Gasteiger partial charge in [-0.1, -0.05) is 40.9 Å². The first-order valence-corrected chi connectivity index (χ1v) is 6.63. The number of anilines is 1. The quantitative estimate of drug-likeness (QED) is 0.661. The zero-order valence-corrected chi connectivity index (χ0v) is 12.1. The Balaban J connectivity index is 2.31. The van der Waals surface area contributed by atoms with Crippen molar-refractivity contribution in [1.29, 1.82) is 0 Å².